The van der Waals surface area contributed by atoms with E-state index >= 15 is 0 Å². The topological polar surface area (TPSA) is 105 Å². The lowest BCUT2D eigenvalue weighted by molar-refractivity contribution is -0.132. The quantitative estimate of drug-likeness (QED) is 0.302. The molecule has 0 unspecified atom stereocenters. The highest BCUT2D eigenvalue weighted by Gasteiger charge is 2.03. The Morgan fingerprint density at radius 2 is 1.88 bits per heavy atom. The molecule has 6 nitrogen and oxygen atoms in total. The van der Waals surface area contributed by atoms with E-state index in [-0.39, 0.29) is 18.8 Å². The Balaban J connectivity index is 4.43. The van der Waals surface area contributed by atoms with E-state index < -0.39 is 5.97 Å². The summed E-state index contributed by atoms with van der Waals surface area (Å²) in [7, 11) is 0. The Hall–Kier alpha value is -1.84. The lowest BCUT2D eigenvalue weighted by Gasteiger charge is -2.16. The van der Waals surface area contributed by atoms with Gasteiger partial charge in [-0.1, -0.05) is 0 Å². The van der Waals surface area contributed by atoms with Gasteiger partial charge in [-0.3, -0.25) is 0 Å². The van der Waals surface area contributed by atoms with Gasteiger partial charge in [-0.2, -0.15) is 5.26 Å². The van der Waals surface area contributed by atoms with E-state index in [1.165, 1.54) is 18.3 Å². The van der Waals surface area contributed by atoms with E-state index in [1.54, 1.807) is 4.90 Å². The van der Waals surface area contributed by atoms with Crippen molar-refractivity contribution in [3.05, 3.63) is 23.9 Å². The van der Waals surface area contributed by atoms with Gasteiger partial charge in [0.25, 0.3) is 0 Å². The van der Waals surface area contributed by atoms with Crippen molar-refractivity contribution in [3.63, 3.8) is 0 Å². The van der Waals surface area contributed by atoms with Gasteiger partial charge in [-0.05, 0) is 18.4 Å². The van der Waals surface area contributed by atoms with Crippen LogP contribution in [0.2, 0.25) is 0 Å². The highest BCUT2D eigenvalue weighted by Crippen LogP contribution is 1.95. The Labute approximate surface area is 93.3 Å². The van der Waals surface area contributed by atoms with Gasteiger partial charge in [0, 0.05) is 13.1 Å². The zero-order chi connectivity index (χ0) is 12.4. The van der Waals surface area contributed by atoms with Crippen molar-refractivity contribution in [1.29, 1.82) is 5.26 Å². The summed E-state index contributed by atoms with van der Waals surface area (Å²) in [4.78, 5) is 12.0. The number of aliphatic carboxylic acids is 1. The van der Waals surface area contributed by atoms with E-state index in [0.717, 1.165) is 6.08 Å². The monoisotopic (exact) mass is 226 g/mol. The summed E-state index contributed by atoms with van der Waals surface area (Å²) in [6, 6.07) is 1.53. The van der Waals surface area contributed by atoms with Crippen LogP contribution in [-0.4, -0.2) is 52.5 Å². The van der Waals surface area contributed by atoms with Gasteiger partial charge in [0.2, 0.25) is 0 Å². The van der Waals surface area contributed by atoms with Gasteiger partial charge >= 0.3 is 5.97 Å². The first-order valence-corrected chi connectivity index (χ1v) is 4.63. The summed E-state index contributed by atoms with van der Waals surface area (Å²) in [5, 5.41) is 34.3. The molecule has 0 aromatic carbocycles. The predicted octanol–water partition coefficient (Wildman–Crippen LogP) is -0.679. The maximum atomic E-state index is 10.4. The van der Waals surface area contributed by atoms with Gasteiger partial charge in [0.15, 0.2) is 0 Å². The average molecular weight is 226 g/mol. The van der Waals surface area contributed by atoms with Crippen molar-refractivity contribution >= 4 is 5.97 Å². The van der Waals surface area contributed by atoms with Crippen LogP contribution in [0.3, 0.4) is 0 Å². The number of hydrogen-bond acceptors (Lipinski definition) is 5. The molecule has 0 saturated heterocycles. The molecule has 3 N–H and O–H groups in total. The number of aliphatic hydroxyl groups excluding tert-OH is 2. The summed E-state index contributed by atoms with van der Waals surface area (Å²) in [5.74, 6) is -1.29. The molecule has 16 heavy (non-hydrogen) atoms. The SMILES string of the molecule is N#C/C(=C\C=C\N(CCO)CCO)C(=O)O. The van der Waals surface area contributed by atoms with E-state index in [2.05, 4.69) is 0 Å². The molecular weight excluding hydrogens is 212 g/mol. The number of nitrogens with zero attached hydrogens (tertiary/aromatic N) is 2. The maximum absolute atomic E-state index is 10.4. The van der Waals surface area contributed by atoms with Crippen LogP contribution in [0.25, 0.3) is 0 Å². The third-order valence-electron chi connectivity index (χ3n) is 1.69. The van der Waals surface area contributed by atoms with Gasteiger partial charge in [-0.25, -0.2) is 4.79 Å². The number of carboxylic acid groups (broad SMARTS) is 1. The van der Waals surface area contributed by atoms with Crippen molar-refractivity contribution in [2.75, 3.05) is 26.3 Å². The molecule has 0 rings (SSSR count). The number of nitriles is 1. The van der Waals surface area contributed by atoms with Crippen LogP contribution in [-0.2, 0) is 4.79 Å². The van der Waals surface area contributed by atoms with Gasteiger partial charge in [0.1, 0.15) is 11.6 Å². The fraction of sp³-hybridized carbons (Fsp3) is 0.400. The van der Waals surface area contributed by atoms with Crippen molar-refractivity contribution < 1.29 is 20.1 Å². The van der Waals surface area contributed by atoms with Crippen LogP contribution in [0.15, 0.2) is 23.9 Å². The first-order valence-electron chi connectivity index (χ1n) is 4.63. The van der Waals surface area contributed by atoms with E-state index in [1.807, 2.05) is 0 Å². The molecule has 0 bridgehead atoms. The Morgan fingerprint density at radius 3 is 2.25 bits per heavy atom. The normalized spacial score (nSPS) is 11.4. The second-order valence-corrected chi connectivity index (χ2v) is 2.82. The lowest BCUT2D eigenvalue weighted by atomic mass is 10.3. The van der Waals surface area contributed by atoms with Gasteiger partial charge in [-0.15, -0.1) is 0 Å². The molecule has 0 aliphatic heterocycles. The minimum Gasteiger partial charge on any atom is -0.477 e. The highest BCUT2D eigenvalue weighted by molar-refractivity contribution is 5.91. The molecular formula is C10H14N2O4. The molecule has 88 valence electrons. The number of hydrogen-bond donors (Lipinski definition) is 3. The summed E-state index contributed by atoms with van der Waals surface area (Å²) in [6.45, 7) is 0.524. The van der Waals surface area contributed by atoms with Crippen LogP contribution >= 0.6 is 0 Å². The van der Waals surface area contributed by atoms with E-state index in [4.69, 9.17) is 20.6 Å². The number of carbonyl (C=O) groups is 1. The molecule has 0 spiro atoms. The highest BCUT2D eigenvalue weighted by atomic mass is 16.4. The molecule has 0 heterocycles. The molecule has 0 aromatic rings. The largest absolute Gasteiger partial charge is 0.477 e. The third-order valence-corrected chi connectivity index (χ3v) is 1.69. The van der Waals surface area contributed by atoms with E-state index in [9.17, 15) is 4.79 Å². The Bertz CT molecular complexity index is 311. The molecule has 0 aromatic heterocycles. The zero-order valence-corrected chi connectivity index (χ0v) is 8.70. The van der Waals surface area contributed by atoms with Gasteiger partial charge < -0.3 is 20.2 Å². The lowest BCUT2D eigenvalue weighted by Crippen LogP contribution is -2.24. The summed E-state index contributed by atoms with van der Waals surface area (Å²) >= 11 is 0. The molecule has 0 fully saturated rings. The van der Waals surface area contributed by atoms with Crippen molar-refractivity contribution in [2.45, 2.75) is 0 Å². The fourth-order valence-electron chi connectivity index (χ4n) is 0.935. The van der Waals surface area contributed by atoms with Crippen LogP contribution in [0.5, 0.6) is 0 Å². The first kappa shape index (κ1) is 14.2. The van der Waals surface area contributed by atoms with Crippen LogP contribution in [0.1, 0.15) is 0 Å². The van der Waals surface area contributed by atoms with Crippen LogP contribution in [0, 0.1) is 11.3 Å². The maximum Gasteiger partial charge on any atom is 0.346 e. The van der Waals surface area contributed by atoms with Gasteiger partial charge in [0.05, 0.1) is 13.2 Å². The Kier molecular flexibility index (Phi) is 7.49. The van der Waals surface area contributed by atoms with Crippen molar-refractivity contribution in [1.82, 2.24) is 4.90 Å². The van der Waals surface area contributed by atoms with E-state index in [0.29, 0.717) is 13.1 Å². The fourth-order valence-corrected chi connectivity index (χ4v) is 0.935. The number of allylic oxidation sites excluding steroid dienone is 2. The summed E-state index contributed by atoms with van der Waals surface area (Å²) < 4.78 is 0. The predicted molar refractivity (Wildman–Crippen MR) is 56.2 cm³/mol. The number of carboxylic acids is 1. The number of aliphatic hydroxyl groups is 2. The molecule has 0 aliphatic rings. The zero-order valence-electron chi connectivity index (χ0n) is 8.70. The minimum atomic E-state index is -1.29. The van der Waals surface area contributed by atoms with Crippen LogP contribution in [0.4, 0.5) is 0 Å². The molecule has 0 atom stereocenters. The Morgan fingerprint density at radius 1 is 1.31 bits per heavy atom. The first-order chi connectivity index (χ1) is 7.65. The molecule has 6 heteroatoms. The molecule has 0 amide bonds. The standard InChI is InChI=1S/C10H14N2O4/c11-8-9(10(15)16)2-1-3-12(4-6-13)5-7-14/h1-3,13-14H,4-7H2,(H,15,16)/b3-1+,9-2+. The minimum absolute atomic E-state index is 0.0713. The second-order valence-electron chi connectivity index (χ2n) is 2.82. The molecule has 0 saturated carbocycles. The van der Waals surface area contributed by atoms with Crippen molar-refractivity contribution in [3.8, 4) is 6.07 Å². The second kappa shape index (κ2) is 8.47. The summed E-state index contributed by atoms with van der Waals surface area (Å²) in [5.41, 5.74) is -0.371. The third kappa shape index (κ3) is 5.80. The van der Waals surface area contributed by atoms with Crippen molar-refractivity contribution in [2.24, 2.45) is 0 Å². The molecule has 0 radical (unpaired) electrons. The average Bonchev–Trinajstić information content (AvgIpc) is 2.24. The smallest absolute Gasteiger partial charge is 0.346 e. The molecule has 0 aliphatic carbocycles. The summed E-state index contributed by atoms with van der Waals surface area (Å²) in [6.07, 6.45) is 4.05. The van der Waals surface area contributed by atoms with Crippen LogP contribution < -0.4 is 0 Å². The number of rotatable bonds is 7.